The standard InChI is InChI=1S/C20H18Br2ClN3O2/c1-20(2,3)19-25-16-6-5-12(21)8-14(16)18(27)26(19)24-10-11-7-13(23)9-15(22)17(11)28-4/h5-10H,1-4H3. The van der Waals surface area contributed by atoms with Crippen molar-refractivity contribution in [2.24, 2.45) is 5.10 Å². The van der Waals surface area contributed by atoms with Gasteiger partial charge in [0.05, 0.1) is 28.7 Å². The number of methoxy groups -OCH3 is 1. The first-order valence-electron chi connectivity index (χ1n) is 8.42. The second-order valence-corrected chi connectivity index (χ2v) is 9.42. The smallest absolute Gasteiger partial charge is 0.282 e. The molecule has 5 nitrogen and oxygen atoms in total. The largest absolute Gasteiger partial charge is 0.495 e. The second kappa shape index (κ2) is 7.97. The molecule has 0 aliphatic carbocycles. The molecule has 28 heavy (non-hydrogen) atoms. The molecule has 0 saturated carbocycles. The van der Waals surface area contributed by atoms with E-state index >= 15 is 0 Å². The molecule has 2 aromatic carbocycles. The van der Waals surface area contributed by atoms with Gasteiger partial charge in [-0.2, -0.15) is 9.78 Å². The third kappa shape index (κ3) is 4.16. The van der Waals surface area contributed by atoms with Crippen molar-refractivity contribution in [2.75, 3.05) is 7.11 Å². The lowest BCUT2D eigenvalue weighted by atomic mass is 9.95. The number of fused-ring (bicyclic) bond motifs is 1. The maximum Gasteiger partial charge on any atom is 0.282 e. The van der Waals surface area contributed by atoms with E-state index in [9.17, 15) is 4.79 Å². The van der Waals surface area contributed by atoms with Crippen molar-refractivity contribution in [3.8, 4) is 5.75 Å². The first-order chi connectivity index (χ1) is 13.1. The summed E-state index contributed by atoms with van der Waals surface area (Å²) < 4.78 is 8.27. The van der Waals surface area contributed by atoms with E-state index in [2.05, 4.69) is 37.0 Å². The van der Waals surface area contributed by atoms with Crippen molar-refractivity contribution in [1.82, 2.24) is 9.66 Å². The SMILES string of the molecule is COc1c(Br)cc(Cl)cc1C=Nn1c(C(C)(C)C)nc2ccc(Br)cc2c1=O. The highest BCUT2D eigenvalue weighted by molar-refractivity contribution is 9.10. The van der Waals surface area contributed by atoms with Crippen LogP contribution in [0.3, 0.4) is 0 Å². The van der Waals surface area contributed by atoms with Gasteiger partial charge in [-0.25, -0.2) is 4.98 Å². The zero-order valence-corrected chi connectivity index (χ0v) is 19.7. The lowest BCUT2D eigenvalue weighted by molar-refractivity contribution is 0.411. The molecule has 0 fully saturated rings. The van der Waals surface area contributed by atoms with Crippen LogP contribution in [-0.4, -0.2) is 23.0 Å². The molecule has 0 unspecified atom stereocenters. The molecule has 0 aliphatic rings. The molecule has 0 atom stereocenters. The fraction of sp³-hybridized carbons (Fsp3) is 0.250. The first kappa shape index (κ1) is 21.0. The molecule has 3 rings (SSSR count). The van der Waals surface area contributed by atoms with E-state index in [1.165, 1.54) is 4.68 Å². The molecule has 0 radical (unpaired) electrons. The Hall–Kier alpha value is -1.70. The molecular formula is C20H18Br2ClN3O2. The Balaban J connectivity index is 2.27. The minimum absolute atomic E-state index is 0.243. The molecule has 0 N–H and O–H groups in total. The van der Waals surface area contributed by atoms with Crippen molar-refractivity contribution < 1.29 is 4.74 Å². The van der Waals surface area contributed by atoms with E-state index in [1.54, 1.807) is 31.5 Å². The summed E-state index contributed by atoms with van der Waals surface area (Å²) >= 11 is 13.0. The molecule has 8 heteroatoms. The van der Waals surface area contributed by atoms with Gasteiger partial charge in [0, 0.05) is 20.5 Å². The summed E-state index contributed by atoms with van der Waals surface area (Å²) in [4.78, 5) is 17.9. The molecule has 0 saturated heterocycles. The topological polar surface area (TPSA) is 56.5 Å². The zero-order chi connectivity index (χ0) is 20.6. The number of benzene rings is 2. The lowest BCUT2D eigenvalue weighted by Crippen LogP contribution is -2.29. The van der Waals surface area contributed by atoms with Crippen LogP contribution in [-0.2, 0) is 5.41 Å². The highest BCUT2D eigenvalue weighted by Gasteiger charge is 2.23. The number of ether oxygens (including phenoxy) is 1. The maximum absolute atomic E-state index is 13.2. The van der Waals surface area contributed by atoms with Crippen LogP contribution in [0.4, 0.5) is 0 Å². The van der Waals surface area contributed by atoms with Crippen LogP contribution < -0.4 is 10.3 Å². The predicted molar refractivity (Wildman–Crippen MR) is 121 cm³/mol. The number of rotatable bonds is 3. The van der Waals surface area contributed by atoms with Gasteiger partial charge in [0.25, 0.3) is 5.56 Å². The molecule has 0 spiro atoms. The first-order valence-corrected chi connectivity index (χ1v) is 10.4. The Morgan fingerprint density at radius 2 is 1.93 bits per heavy atom. The van der Waals surface area contributed by atoms with Gasteiger partial charge < -0.3 is 4.74 Å². The Morgan fingerprint density at radius 3 is 2.57 bits per heavy atom. The molecule has 1 heterocycles. The number of hydrogen-bond acceptors (Lipinski definition) is 4. The molecule has 0 bridgehead atoms. The van der Waals surface area contributed by atoms with Gasteiger partial charge in [-0.05, 0) is 46.3 Å². The summed E-state index contributed by atoms with van der Waals surface area (Å²) in [5.74, 6) is 1.14. The van der Waals surface area contributed by atoms with E-state index in [-0.39, 0.29) is 5.56 Å². The Bertz CT molecular complexity index is 1150. The minimum atomic E-state index is -0.392. The van der Waals surface area contributed by atoms with Crippen molar-refractivity contribution in [3.05, 3.63) is 66.0 Å². The minimum Gasteiger partial charge on any atom is -0.495 e. The van der Waals surface area contributed by atoms with E-state index in [0.717, 1.165) is 4.47 Å². The summed E-state index contributed by atoms with van der Waals surface area (Å²) in [5.41, 5.74) is 0.639. The van der Waals surface area contributed by atoms with Crippen molar-refractivity contribution >= 4 is 60.6 Å². The van der Waals surface area contributed by atoms with E-state index in [4.69, 9.17) is 21.3 Å². The van der Waals surface area contributed by atoms with Gasteiger partial charge >= 0.3 is 0 Å². The fourth-order valence-electron chi connectivity index (χ4n) is 2.75. The van der Waals surface area contributed by atoms with Gasteiger partial charge in [0.2, 0.25) is 0 Å². The molecule has 1 aromatic heterocycles. The van der Waals surface area contributed by atoms with Gasteiger partial charge in [-0.15, -0.1) is 0 Å². The highest BCUT2D eigenvalue weighted by Crippen LogP contribution is 2.31. The van der Waals surface area contributed by atoms with Crippen molar-refractivity contribution in [3.63, 3.8) is 0 Å². The van der Waals surface area contributed by atoms with Crippen LogP contribution in [0.5, 0.6) is 5.75 Å². The van der Waals surface area contributed by atoms with Gasteiger partial charge in [0.1, 0.15) is 11.6 Å². The third-order valence-electron chi connectivity index (χ3n) is 4.03. The summed E-state index contributed by atoms with van der Waals surface area (Å²) in [5, 5.41) is 5.47. The Morgan fingerprint density at radius 1 is 1.21 bits per heavy atom. The van der Waals surface area contributed by atoms with Crippen molar-refractivity contribution in [1.29, 1.82) is 0 Å². The number of aromatic nitrogens is 2. The van der Waals surface area contributed by atoms with Crippen LogP contribution in [0.1, 0.15) is 32.2 Å². The quantitative estimate of drug-likeness (QED) is 0.407. The zero-order valence-electron chi connectivity index (χ0n) is 15.8. The van der Waals surface area contributed by atoms with Crippen LogP contribution in [0, 0.1) is 0 Å². The monoisotopic (exact) mass is 525 g/mol. The van der Waals surface area contributed by atoms with Crippen LogP contribution in [0.15, 0.2) is 49.2 Å². The van der Waals surface area contributed by atoms with Gasteiger partial charge in [-0.1, -0.05) is 48.3 Å². The summed E-state index contributed by atoms with van der Waals surface area (Å²) in [7, 11) is 1.56. The predicted octanol–water partition coefficient (Wildman–Crippen LogP) is 5.76. The number of nitrogens with zero attached hydrogens (tertiary/aromatic N) is 3. The van der Waals surface area contributed by atoms with Crippen LogP contribution in [0.2, 0.25) is 5.02 Å². The van der Waals surface area contributed by atoms with Crippen molar-refractivity contribution in [2.45, 2.75) is 26.2 Å². The number of halogens is 3. The summed E-state index contributed by atoms with van der Waals surface area (Å²) in [6, 6.07) is 8.89. The van der Waals surface area contributed by atoms with Gasteiger partial charge in [0.15, 0.2) is 0 Å². The maximum atomic E-state index is 13.2. The normalized spacial score (nSPS) is 12.1. The van der Waals surface area contributed by atoms with Crippen LogP contribution in [0.25, 0.3) is 10.9 Å². The highest BCUT2D eigenvalue weighted by atomic mass is 79.9. The lowest BCUT2D eigenvalue weighted by Gasteiger charge is -2.21. The molecule has 0 aliphatic heterocycles. The van der Waals surface area contributed by atoms with E-state index in [1.807, 2.05) is 32.9 Å². The molecule has 146 valence electrons. The Labute approximate surface area is 184 Å². The number of hydrogen-bond donors (Lipinski definition) is 0. The summed E-state index contributed by atoms with van der Waals surface area (Å²) in [6.45, 7) is 5.96. The summed E-state index contributed by atoms with van der Waals surface area (Å²) in [6.07, 6.45) is 1.55. The molecule has 0 amide bonds. The molecule has 3 aromatic rings. The van der Waals surface area contributed by atoms with E-state index in [0.29, 0.717) is 37.5 Å². The average molecular weight is 528 g/mol. The average Bonchev–Trinajstić information content (AvgIpc) is 2.60. The Kier molecular flexibility index (Phi) is 5.98. The van der Waals surface area contributed by atoms with Gasteiger partial charge in [-0.3, -0.25) is 4.79 Å². The van der Waals surface area contributed by atoms with E-state index < -0.39 is 5.41 Å². The third-order valence-corrected chi connectivity index (χ3v) is 5.33. The fourth-order valence-corrected chi connectivity index (χ4v) is 4.11. The molecular weight excluding hydrogens is 510 g/mol. The second-order valence-electron chi connectivity index (χ2n) is 7.22. The van der Waals surface area contributed by atoms with Crippen LogP contribution >= 0.6 is 43.5 Å².